The monoisotopic (exact) mass is 345 g/mol. The predicted molar refractivity (Wildman–Crippen MR) is 96.7 cm³/mol. The molecule has 0 unspecified atom stereocenters. The van der Waals surface area contributed by atoms with Crippen molar-refractivity contribution in [2.45, 2.75) is 32.9 Å². The topological polar surface area (TPSA) is 78.4 Å². The van der Waals surface area contributed by atoms with Crippen LogP contribution in [0.25, 0.3) is 21.9 Å². The quantitative estimate of drug-likeness (QED) is 0.666. The molecule has 2 aromatic heterocycles. The third-order valence-electron chi connectivity index (χ3n) is 4.07. The molecule has 25 heavy (non-hydrogen) atoms. The van der Waals surface area contributed by atoms with Gasteiger partial charge < -0.3 is 19.2 Å². The highest BCUT2D eigenvalue weighted by atomic mass is 16.5. The molecule has 0 amide bonds. The molecule has 1 N–H and O–H groups in total. The van der Waals surface area contributed by atoms with Gasteiger partial charge in [-0.1, -0.05) is 0 Å². The van der Waals surface area contributed by atoms with E-state index in [1.807, 2.05) is 26.0 Å². The van der Waals surface area contributed by atoms with Crippen LogP contribution in [0.2, 0.25) is 0 Å². The lowest BCUT2D eigenvalue weighted by Gasteiger charge is -2.08. The number of benzene rings is 1. The van der Waals surface area contributed by atoms with Gasteiger partial charge in [-0.2, -0.15) is 0 Å². The number of H-pyrrole nitrogens is 1. The van der Waals surface area contributed by atoms with Crippen molar-refractivity contribution in [3.8, 4) is 11.5 Å². The van der Waals surface area contributed by atoms with Crippen LogP contribution in [0.4, 0.5) is 0 Å². The van der Waals surface area contributed by atoms with Crippen molar-refractivity contribution < 1.29 is 14.2 Å². The second-order valence-electron chi connectivity index (χ2n) is 6.12. The molecule has 0 aliphatic heterocycles. The van der Waals surface area contributed by atoms with E-state index in [9.17, 15) is 4.79 Å². The van der Waals surface area contributed by atoms with Crippen LogP contribution in [0.5, 0.6) is 11.5 Å². The maximum atomic E-state index is 12.7. The predicted octanol–water partition coefficient (Wildman–Crippen LogP) is 2.71. The van der Waals surface area contributed by atoms with Gasteiger partial charge in [0, 0.05) is 24.6 Å². The smallest absolute Gasteiger partial charge is 0.277 e. The van der Waals surface area contributed by atoms with Crippen LogP contribution >= 0.6 is 0 Å². The lowest BCUT2D eigenvalue weighted by molar-refractivity contribution is 0.0747. The first-order valence-corrected chi connectivity index (χ1v) is 8.29. The molecule has 3 rings (SSSR count). The summed E-state index contributed by atoms with van der Waals surface area (Å²) in [5, 5.41) is 0.833. The Morgan fingerprint density at radius 3 is 2.60 bits per heavy atom. The van der Waals surface area contributed by atoms with E-state index in [1.165, 1.54) is 0 Å². The van der Waals surface area contributed by atoms with E-state index in [4.69, 9.17) is 14.2 Å². The molecule has 0 radical (unpaired) electrons. The Labute approximate surface area is 145 Å². The van der Waals surface area contributed by atoms with Gasteiger partial charge >= 0.3 is 0 Å². The molecule has 0 fully saturated rings. The van der Waals surface area contributed by atoms with E-state index in [1.54, 1.807) is 25.1 Å². The number of nitrogens with zero attached hydrogens (tertiary/aromatic N) is 2. The summed E-state index contributed by atoms with van der Waals surface area (Å²) < 4.78 is 17.8. The summed E-state index contributed by atoms with van der Waals surface area (Å²) in [4.78, 5) is 20.4. The molecule has 0 saturated carbocycles. The Morgan fingerprint density at radius 2 is 1.92 bits per heavy atom. The normalized spacial score (nSPS) is 11.6. The van der Waals surface area contributed by atoms with Gasteiger partial charge in [-0.05, 0) is 26.3 Å². The molecule has 1 aromatic carbocycles. The van der Waals surface area contributed by atoms with Crippen LogP contribution in [-0.2, 0) is 11.3 Å². The maximum absolute atomic E-state index is 12.7. The summed E-state index contributed by atoms with van der Waals surface area (Å²) in [5.41, 5.74) is 1.81. The molecule has 0 saturated heterocycles. The zero-order valence-corrected chi connectivity index (χ0v) is 15.0. The van der Waals surface area contributed by atoms with Gasteiger partial charge in [0.25, 0.3) is 5.56 Å². The van der Waals surface area contributed by atoms with Crippen LogP contribution in [0, 0.1) is 0 Å². The highest BCUT2D eigenvalue weighted by Crippen LogP contribution is 2.34. The number of rotatable bonds is 7. The second kappa shape index (κ2) is 7.14. The molecular formula is C18H23N3O4. The number of aromatic nitrogens is 3. The SMILES string of the molecule is COc1cc2[nH]c3c(=O)n(CCCOC(C)C)cnc3c2cc1OC. The van der Waals surface area contributed by atoms with Gasteiger partial charge in [-0.3, -0.25) is 9.36 Å². The molecule has 0 atom stereocenters. The summed E-state index contributed by atoms with van der Waals surface area (Å²) in [6, 6.07) is 3.65. The number of aromatic amines is 1. The molecule has 0 spiro atoms. The Hall–Kier alpha value is -2.54. The molecule has 0 aliphatic rings. The van der Waals surface area contributed by atoms with E-state index in [0.29, 0.717) is 35.7 Å². The Morgan fingerprint density at radius 1 is 1.20 bits per heavy atom. The lowest BCUT2D eigenvalue weighted by atomic mass is 10.2. The molecule has 2 heterocycles. The van der Waals surface area contributed by atoms with Crippen LogP contribution in [-0.4, -0.2) is 41.5 Å². The van der Waals surface area contributed by atoms with E-state index in [-0.39, 0.29) is 11.7 Å². The first kappa shape index (κ1) is 17.3. The summed E-state index contributed by atoms with van der Waals surface area (Å²) in [6.45, 7) is 5.17. The number of fused-ring (bicyclic) bond motifs is 3. The Balaban J connectivity index is 1.98. The molecule has 7 nitrogen and oxygen atoms in total. The van der Waals surface area contributed by atoms with Crippen LogP contribution in [0.15, 0.2) is 23.3 Å². The highest BCUT2D eigenvalue weighted by molar-refractivity contribution is 6.05. The number of hydrogen-bond acceptors (Lipinski definition) is 5. The van der Waals surface area contributed by atoms with Gasteiger partial charge in [0.1, 0.15) is 11.0 Å². The number of aryl methyl sites for hydroxylation is 1. The number of hydrogen-bond donors (Lipinski definition) is 1. The third-order valence-corrected chi connectivity index (χ3v) is 4.07. The second-order valence-corrected chi connectivity index (χ2v) is 6.12. The minimum absolute atomic E-state index is 0.0938. The minimum Gasteiger partial charge on any atom is -0.493 e. The fraction of sp³-hybridized carbons (Fsp3) is 0.444. The Bertz CT molecular complexity index is 943. The van der Waals surface area contributed by atoms with Gasteiger partial charge in [0.15, 0.2) is 11.5 Å². The zero-order chi connectivity index (χ0) is 18.0. The first-order chi connectivity index (χ1) is 12.0. The standard InChI is InChI=1S/C18H23N3O4/c1-11(2)25-7-5-6-21-10-19-16-12-8-14(23-3)15(24-4)9-13(12)20-17(16)18(21)22/h8-11,20H,5-7H2,1-4H3. The Kier molecular flexibility index (Phi) is 4.94. The number of nitrogens with one attached hydrogen (secondary N) is 1. The summed E-state index contributed by atoms with van der Waals surface area (Å²) in [7, 11) is 3.16. The average molecular weight is 345 g/mol. The molecule has 134 valence electrons. The van der Waals surface area contributed by atoms with Crippen molar-refractivity contribution in [2.75, 3.05) is 20.8 Å². The van der Waals surface area contributed by atoms with Gasteiger partial charge in [0.05, 0.1) is 32.2 Å². The highest BCUT2D eigenvalue weighted by Gasteiger charge is 2.14. The fourth-order valence-corrected chi connectivity index (χ4v) is 2.83. The molecule has 7 heteroatoms. The van der Waals surface area contributed by atoms with Crippen molar-refractivity contribution in [3.05, 3.63) is 28.8 Å². The minimum atomic E-state index is -0.0938. The van der Waals surface area contributed by atoms with Crippen LogP contribution in [0.1, 0.15) is 20.3 Å². The lowest BCUT2D eigenvalue weighted by Crippen LogP contribution is -2.21. The average Bonchev–Trinajstić information content (AvgIpc) is 2.97. The molecule has 3 aromatic rings. The van der Waals surface area contributed by atoms with E-state index in [2.05, 4.69) is 9.97 Å². The van der Waals surface area contributed by atoms with Gasteiger partial charge in [-0.15, -0.1) is 0 Å². The van der Waals surface area contributed by atoms with E-state index >= 15 is 0 Å². The van der Waals surface area contributed by atoms with E-state index in [0.717, 1.165) is 17.3 Å². The first-order valence-electron chi connectivity index (χ1n) is 8.29. The number of ether oxygens (including phenoxy) is 3. The van der Waals surface area contributed by atoms with Crippen molar-refractivity contribution >= 4 is 21.9 Å². The van der Waals surface area contributed by atoms with Crippen LogP contribution in [0.3, 0.4) is 0 Å². The van der Waals surface area contributed by atoms with Crippen molar-refractivity contribution in [1.29, 1.82) is 0 Å². The van der Waals surface area contributed by atoms with Crippen molar-refractivity contribution in [2.24, 2.45) is 0 Å². The van der Waals surface area contributed by atoms with Gasteiger partial charge in [-0.25, -0.2) is 4.98 Å². The largest absolute Gasteiger partial charge is 0.493 e. The summed E-state index contributed by atoms with van der Waals surface area (Å²) in [5.74, 6) is 1.21. The van der Waals surface area contributed by atoms with Gasteiger partial charge in [0.2, 0.25) is 0 Å². The summed E-state index contributed by atoms with van der Waals surface area (Å²) in [6.07, 6.45) is 2.54. The van der Waals surface area contributed by atoms with E-state index < -0.39 is 0 Å². The fourth-order valence-electron chi connectivity index (χ4n) is 2.83. The molecular weight excluding hydrogens is 322 g/mol. The third kappa shape index (κ3) is 3.32. The van der Waals surface area contributed by atoms with Crippen LogP contribution < -0.4 is 15.0 Å². The van der Waals surface area contributed by atoms with Crippen molar-refractivity contribution in [3.63, 3.8) is 0 Å². The zero-order valence-electron chi connectivity index (χ0n) is 15.0. The van der Waals surface area contributed by atoms with Crippen molar-refractivity contribution in [1.82, 2.24) is 14.5 Å². The summed E-state index contributed by atoms with van der Waals surface area (Å²) >= 11 is 0. The molecule has 0 aliphatic carbocycles. The maximum Gasteiger partial charge on any atom is 0.277 e. The number of methoxy groups -OCH3 is 2. The molecule has 0 bridgehead atoms.